The first-order valence-electron chi connectivity index (χ1n) is 12.8. The predicted octanol–water partition coefficient (Wildman–Crippen LogP) is 4.86. The first kappa shape index (κ1) is 29.0. The zero-order valence-corrected chi connectivity index (χ0v) is 22.4. The van der Waals surface area contributed by atoms with Crippen LogP contribution in [-0.2, 0) is 19.9 Å². The molecule has 0 radical (unpaired) electrons. The maximum atomic E-state index is 15.7. The maximum absolute atomic E-state index is 15.7. The van der Waals surface area contributed by atoms with Crippen molar-refractivity contribution in [2.75, 3.05) is 12.0 Å². The van der Waals surface area contributed by atoms with Gasteiger partial charge in [-0.25, -0.2) is 13.2 Å². The molecule has 40 heavy (non-hydrogen) atoms. The van der Waals surface area contributed by atoms with Crippen LogP contribution in [0.4, 0.5) is 18.9 Å². The zero-order valence-electron chi connectivity index (χ0n) is 22.4. The van der Waals surface area contributed by atoms with Crippen molar-refractivity contribution in [1.29, 1.82) is 0 Å². The second kappa shape index (κ2) is 11.6. The summed E-state index contributed by atoms with van der Waals surface area (Å²) >= 11 is 0. The van der Waals surface area contributed by atoms with Gasteiger partial charge in [-0.3, -0.25) is 19.5 Å². The van der Waals surface area contributed by atoms with Crippen molar-refractivity contribution < 1.29 is 32.2 Å². The van der Waals surface area contributed by atoms with E-state index in [0.29, 0.717) is 24.1 Å². The average Bonchev–Trinajstić information content (AvgIpc) is 3.72. The van der Waals surface area contributed by atoms with Gasteiger partial charge in [-0.2, -0.15) is 0 Å². The highest BCUT2D eigenvalue weighted by atomic mass is 19.1. The van der Waals surface area contributed by atoms with Gasteiger partial charge in [0.05, 0.1) is 29.1 Å². The zero-order chi connectivity index (χ0) is 29.2. The van der Waals surface area contributed by atoms with E-state index in [-0.39, 0.29) is 24.0 Å². The Morgan fingerprint density at radius 1 is 1.07 bits per heavy atom. The Hall–Kier alpha value is -3.96. The van der Waals surface area contributed by atoms with Crippen LogP contribution in [0.25, 0.3) is 0 Å². The van der Waals surface area contributed by atoms with Crippen LogP contribution in [0.15, 0.2) is 54.7 Å². The van der Waals surface area contributed by atoms with Crippen LogP contribution in [0.5, 0.6) is 11.5 Å². The Balaban J connectivity index is 1.74. The van der Waals surface area contributed by atoms with E-state index in [1.165, 1.54) is 49.7 Å². The summed E-state index contributed by atoms with van der Waals surface area (Å²) in [5, 5.41) is 0. The number of hydrogen-bond donors (Lipinski definition) is 2. The number of nitrogens with two attached hydrogens (primary N) is 2. The Kier molecular flexibility index (Phi) is 8.45. The number of rotatable bonds is 11. The molecule has 2 aromatic carbocycles. The molecule has 11 heteroatoms. The normalized spacial score (nSPS) is 16.1. The van der Waals surface area contributed by atoms with Crippen molar-refractivity contribution in [3.63, 3.8) is 0 Å². The monoisotopic (exact) mass is 556 g/mol. The molecule has 1 saturated carbocycles. The molecule has 1 aliphatic rings. The van der Waals surface area contributed by atoms with E-state index in [2.05, 4.69) is 4.98 Å². The number of carbonyl (C=O) groups excluding carboxylic acids is 2. The fourth-order valence-corrected chi connectivity index (χ4v) is 4.69. The molecule has 1 aromatic heterocycles. The highest BCUT2D eigenvalue weighted by Gasteiger charge is 2.54. The largest absolute Gasteiger partial charge is 0.454 e. The molecule has 1 fully saturated rings. The lowest BCUT2D eigenvalue weighted by atomic mass is 9.97. The van der Waals surface area contributed by atoms with Crippen molar-refractivity contribution >= 4 is 17.5 Å². The van der Waals surface area contributed by atoms with E-state index >= 15 is 8.78 Å². The summed E-state index contributed by atoms with van der Waals surface area (Å²) in [6.45, 7) is 3.36. The lowest BCUT2D eigenvalue weighted by Crippen LogP contribution is -2.48. The number of anilines is 1. The van der Waals surface area contributed by atoms with E-state index in [9.17, 15) is 14.0 Å². The van der Waals surface area contributed by atoms with Gasteiger partial charge in [-0.05, 0) is 49.9 Å². The number of benzene rings is 2. The van der Waals surface area contributed by atoms with Gasteiger partial charge in [0.2, 0.25) is 11.8 Å². The Bertz CT molecular complexity index is 1400. The van der Waals surface area contributed by atoms with E-state index in [1.807, 2.05) is 0 Å². The highest BCUT2D eigenvalue weighted by molar-refractivity contribution is 6.08. The van der Waals surface area contributed by atoms with Crippen LogP contribution in [0.2, 0.25) is 0 Å². The first-order chi connectivity index (χ1) is 19.0. The predicted molar refractivity (Wildman–Crippen MR) is 142 cm³/mol. The molecule has 1 heterocycles. The summed E-state index contributed by atoms with van der Waals surface area (Å²) < 4.78 is 55.7. The van der Waals surface area contributed by atoms with Crippen molar-refractivity contribution in [3.05, 3.63) is 83.4 Å². The topological polar surface area (TPSA) is 121 Å². The van der Waals surface area contributed by atoms with Gasteiger partial charge in [-0.15, -0.1) is 0 Å². The van der Waals surface area contributed by atoms with Crippen molar-refractivity contribution in [1.82, 2.24) is 4.98 Å². The quantitative estimate of drug-likeness (QED) is 0.326. The molecule has 4 N–H and O–H groups in total. The summed E-state index contributed by atoms with van der Waals surface area (Å²) in [7, 11) is 1.51. The number of aromatic nitrogens is 1. The number of amides is 2. The maximum Gasteiger partial charge on any atom is 0.240 e. The van der Waals surface area contributed by atoms with Crippen LogP contribution in [0.1, 0.15) is 50.4 Å². The van der Waals surface area contributed by atoms with Crippen LogP contribution in [0.3, 0.4) is 0 Å². The molecule has 0 spiro atoms. The molecule has 0 bridgehead atoms. The lowest BCUT2D eigenvalue weighted by molar-refractivity contribution is -0.132. The van der Waals surface area contributed by atoms with Crippen molar-refractivity contribution in [2.45, 2.75) is 50.8 Å². The molecular formula is C29H31F3N4O4. The summed E-state index contributed by atoms with van der Waals surface area (Å²) in [4.78, 5) is 31.0. The lowest BCUT2D eigenvalue weighted by Gasteiger charge is -2.35. The highest BCUT2D eigenvalue weighted by Crippen LogP contribution is 2.54. The fraction of sp³-hybridized carbons (Fsp3) is 0.345. The molecule has 8 nitrogen and oxygen atoms in total. The number of ether oxygens (including phenoxy) is 2. The molecule has 2 unspecified atom stereocenters. The molecule has 3 aromatic rings. The second-order valence-corrected chi connectivity index (χ2v) is 9.79. The summed E-state index contributed by atoms with van der Waals surface area (Å²) in [6, 6.07) is 9.45. The molecular weight excluding hydrogens is 525 g/mol. The number of nitrogens with zero attached hydrogens (tertiary/aromatic N) is 2. The molecule has 1 aliphatic carbocycles. The van der Waals surface area contributed by atoms with Crippen molar-refractivity contribution in [3.8, 4) is 11.5 Å². The van der Waals surface area contributed by atoms with Gasteiger partial charge >= 0.3 is 0 Å². The van der Waals surface area contributed by atoms with Crippen LogP contribution in [-0.4, -0.2) is 30.0 Å². The standard InChI is InChI=1S/C29H31F3N4O4/c1-4-20(27(34)37)28(38)36(29(10-11-29)17-5-7-18(30)8-6-17)24-14-22(32)25(15-21(24)31)40-19-9-12-35-23(13-19)26(33)16(2)39-3/h5-9,12-16,20,26H,4,10-11,33H2,1-3H3,(H2,34,37)/t16?,20-,26?/m1/s1. The number of methoxy groups -OCH3 is 1. The molecule has 3 atom stereocenters. The van der Waals surface area contributed by atoms with E-state index < -0.39 is 52.5 Å². The Labute approximate surface area is 230 Å². The van der Waals surface area contributed by atoms with Gasteiger partial charge in [0.25, 0.3) is 0 Å². The minimum Gasteiger partial charge on any atom is -0.454 e. The summed E-state index contributed by atoms with van der Waals surface area (Å²) in [5.41, 5.74) is 11.1. The fourth-order valence-electron chi connectivity index (χ4n) is 4.69. The van der Waals surface area contributed by atoms with Crippen LogP contribution >= 0.6 is 0 Å². The van der Waals surface area contributed by atoms with Crippen LogP contribution < -0.4 is 21.1 Å². The van der Waals surface area contributed by atoms with E-state index in [4.69, 9.17) is 20.9 Å². The van der Waals surface area contributed by atoms with Gasteiger partial charge < -0.3 is 20.9 Å². The number of carbonyl (C=O) groups is 2. The SMILES string of the molecule is CC[C@H](C(N)=O)C(=O)N(c1cc(F)c(Oc2ccnc(C(N)C(C)OC)c2)cc1F)C1(c2ccc(F)cc2)CC1. The number of primary amides is 1. The molecule has 0 saturated heterocycles. The minimum atomic E-state index is -1.27. The Morgan fingerprint density at radius 3 is 2.33 bits per heavy atom. The number of hydrogen-bond acceptors (Lipinski definition) is 6. The third-order valence-corrected chi connectivity index (χ3v) is 7.25. The van der Waals surface area contributed by atoms with Gasteiger partial charge in [0, 0.05) is 31.5 Å². The van der Waals surface area contributed by atoms with Gasteiger partial charge in [0.1, 0.15) is 17.5 Å². The molecule has 4 rings (SSSR count). The third kappa shape index (κ3) is 5.66. The molecule has 212 valence electrons. The molecule has 0 aliphatic heterocycles. The van der Waals surface area contributed by atoms with Crippen molar-refractivity contribution in [2.24, 2.45) is 17.4 Å². The number of pyridine rings is 1. The summed E-state index contributed by atoms with van der Waals surface area (Å²) in [5.74, 6) is -5.62. The van der Waals surface area contributed by atoms with Crippen LogP contribution in [0, 0.1) is 23.4 Å². The third-order valence-electron chi connectivity index (χ3n) is 7.25. The second-order valence-electron chi connectivity index (χ2n) is 9.79. The smallest absolute Gasteiger partial charge is 0.240 e. The van der Waals surface area contributed by atoms with E-state index in [1.54, 1.807) is 13.8 Å². The van der Waals surface area contributed by atoms with Gasteiger partial charge in [-0.1, -0.05) is 19.1 Å². The van der Waals surface area contributed by atoms with Gasteiger partial charge in [0.15, 0.2) is 17.4 Å². The minimum absolute atomic E-state index is 0.0592. The number of halogens is 3. The Morgan fingerprint density at radius 2 is 1.75 bits per heavy atom. The van der Waals surface area contributed by atoms with E-state index in [0.717, 1.165) is 17.0 Å². The average molecular weight is 557 g/mol. The first-order valence-corrected chi connectivity index (χ1v) is 12.8. The summed E-state index contributed by atoms with van der Waals surface area (Å²) in [6.07, 6.45) is 1.90. The molecule has 2 amide bonds.